The highest BCUT2D eigenvalue weighted by Gasteiger charge is 2.20. The minimum atomic E-state index is -0.293. The smallest absolute Gasteiger partial charge is 0.272 e. The van der Waals surface area contributed by atoms with E-state index in [4.69, 9.17) is 5.73 Å². The van der Waals surface area contributed by atoms with Crippen molar-refractivity contribution >= 4 is 22.9 Å². The van der Waals surface area contributed by atoms with Gasteiger partial charge in [0.15, 0.2) is 5.69 Å². The number of carbonyl (C=O) groups is 1. The molecule has 0 aliphatic rings. The van der Waals surface area contributed by atoms with Gasteiger partial charge >= 0.3 is 0 Å². The highest BCUT2D eigenvalue weighted by molar-refractivity contribution is 7.09. The fourth-order valence-electron chi connectivity index (χ4n) is 1.84. The Kier molecular flexibility index (Phi) is 4.85. The van der Waals surface area contributed by atoms with Crippen molar-refractivity contribution in [1.29, 1.82) is 0 Å². The van der Waals surface area contributed by atoms with Gasteiger partial charge in [0, 0.05) is 17.5 Å². The molecule has 2 aromatic rings. The molecule has 0 fully saturated rings. The van der Waals surface area contributed by atoms with E-state index < -0.39 is 0 Å². The summed E-state index contributed by atoms with van der Waals surface area (Å²) in [6, 6.07) is -0.130. The molecule has 0 radical (unpaired) electrons. The summed E-state index contributed by atoms with van der Waals surface area (Å²) in [5, 5.41) is 5.70. The van der Waals surface area contributed by atoms with Crippen LogP contribution >= 0.6 is 11.3 Å². The second-order valence-electron chi connectivity index (χ2n) is 4.99. The third kappa shape index (κ3) is 3.55. The fourth-order valence-corrected chi connectivity index (χ4v) is 2.61. The van der Waals surface area contributed by atoms with Gasteiger partial charge in [-0.3, -0.25) is 4.79 Å². The molecule has 0 aromatic carbocycles. The van der Waals surface area contributed by atoms with E-state index in [1.807, 2.05) is 26.2 Å². The number of amides is 1. The number of anilines is 1. The number of carbonyl (C=O) groups excluding carboxylic acids is 1. The Morgan fingerprint density at radius 3 is 2.76 bits per heavy atom. The summed E-state index contributed by atoms with van der Waals surface area (Å²) < 4.78 is 0. The number of hydrogen-bond donors (Lipinski definition) is 2. The van der Waals surface area contributed by atoms with Gasteiger partial charge in [-0.15, -0.1) is 11.3 Å². The molecule has 21 heavy (non-hydrogen) atoms. The topological polar surface area (TPSA) is 93.8 Å². The number of nitrogens with one attached hydrogen (secondary N) is 1. The number of nitrogens with two attached hydrogens (primary N) is 1. The van der Waals surface area contributed by atoms with E-state index in [9.17, 15) is 4.79 Å². The zero-order valence-electron chi connectivity index (χ0n) is 12.3. The largest absolute Gasteiger partial charge is 0.396 e. The van der Waals surface area contributed by atoms with Gasteiger partial charge in [-0.1, -0.05) is 20.8 Å². The van der Waals surface area contributed by atoms with Crippen LogP contribution in [0.25, 0.3) is 0 Å². The van der Waals surface area contributed by atoms with Gasteiger partial charge < -0.3 is 11.1 Å². The molecule has 1 amide bonds. The molecule has 1 unspecified atom stereocenters. The van der Waals surface area contributed by atoms with Gasteiger partial charge in [-0.05, 0) is 6.42 Å². The zero-order valence-corrected chi connectivity index (χ0v) is 13.1. The van der Waals surface area contributed by atoms with Crippen molar-refractivity contribution in [3.8, 4) is 0 Å². The van der Waals surface area contributed by atoms with Crippen LogP contribution in [0, 0.1) is 0 Å². The monoisotopic (exact) mass is 305 g/mol. The maximum atomic E-state index is 12.4. The number of thiazole rings is 1. The number of rotatable bonds is 5. The summed E-state index contributed by atoms with van der Waals surface area (Å²) in [6.45, 7) is 5.93. The van der Waals surface area contributed by atoms with Crippen molar-refractivity contribution in [2.75, 3.05) is 5.73 Å². The quantitative estimate of drug-likeness (QED) is 0.885. The first-order valence-electron chi connectivity index (χ1n) is 6.85. The molecule has 2 heterocycles. The van der Waals surface area contributed by atoms with Crippen LogP contribution in [-0.2, 0) is 0 Å². The lowest BCUT2D eigenvalue weighted by atomic mass is 10.2. The van der Waals surface area contributed by atoms with E-state index in [1.54, 1.807) is 6.20 Å². The van der Waals surface area contributed by atoms with Gasteiger partial charge in [-0.25, -0.2) is 15.0 Å². The molecular formula is C14H19N5OS. The summed E-state index contributed by atoms with van der Waals surface area (Å²) in [7, 11) is 0. The Balaban J connectivity index is 2.21. The molecule has 0 saturated carbocycles. The Bertz CT molecular complexity index is 612. The van der Waals surface area contributed by atoms with Crippen LogP contribution in [0.4, 0.5) is 5.69 Å². The number of nitrogens with zero attached hydrogens (tertiary/aromatic N) is 3. The predicted octanol–water partition coefficient (Wildman–Crippen LogP) is 2.52. The van der Waals surface area contributed by atoms with Crippen LogP contribution in [0.2, 0.25) is 0 Å². The molecular weight excluding hydrogens is 286 g/mol. The van der Waals surface area contributed by atoms with Crippen LogP contribution < -0.4 is 11.1 Å². The number of nitrogen functional groups attached to an aromatic ring is 1. The fraction of sp³-hybridized carbons (Fsp3) is 0.429. The van der Waals surface area contributed by atoms with Crippen LogP contribution in [0.1, 0.15) is 60.5 Å². The van der Waals surface area contributed by atoms with Crippen LogP contribution in [0.15, 0.2) is 17.8 Å². The Labute approximate surface area is 127 Å². The minimum Gasteiger partial charge on any atom is -0.396 e. The van der Waals surface area contributed by atoms with Crippen molar-refractivity contribution in [2.24, 2.45) is 0 Å². The van der Waals surface area contributed by atoms with Crippen molar-refractivity contribution in [2.45, 2.75) is 39.2 Å². The second-order valence-corrected chi connectivity index (χ2v) is 5.92. The average molecular weight is 305 g/mol. The third-order valence-corrected chi connectivity index (χ3v) is 3.92. The molecule has 112 valence electrons. The molecule has 6 nitrogen and oxygen atoms in total. The Hall–Kier alpha value is -2.02. The number of aromatic nitrogens is 3. The molecule has 1 atom stereocenters. The summed E-state index contributed by atoms with van der Waals surface area (Å²) in [5.41, 5.74) is 6.34. The first-order chi connectivity index (χ1) is 10.0. The first-order valence-corrected chi connectivity index (χ1v) is 7.73. The lowest BCUT2D eigenvalue weighted by Crippen LogP contribution is -2.30. The second kappa shape index (κ2) is 6.62. The zero-order chi connectivity index (χ0) is 15.4. The van der Waals surface area contributed by atoms with Crippen molar-refractivity contribution < 1.29 is 4.79 Å². The molecule has 0 bridgehead atoms. The lowest BCUT2D eigenvalue weighted by molar-refractivity contribution is 0.0931. The molecule has 2 aromatic heterocycles. The van der Waals surface area contributed by atoms with Crippen molar-refractivity contribution in [1.82, 2.24) is 20.3 Å². The van der Waals surface area contributed by atoms with Crippen molar-refractivity contribution in [3.05, 3.63) is 34.3 Å². The SMILES string of the molecule is CCC(NC(=O)c1nc(C(C)C)ncc1N)c1nccs1. The third-order valence-electron chi connectivity index (χ3n) is 3.03. The molecule has 0 spiro atoms. The molecule has 0 saturated heterocycles. The molecule has 0 aliphatic carbocycles. The van der Waals surface area contributed by atoms with E-state index in [1.165, 1.54) is 17.5 Å². The van der Waals surface area contributed by atoms with Crippen LogP contribution in [0.3, 0.4) is 0 Å². The Morgan fingerprint density at radius 2 is 2.19 bits per heavy atom. The van der Waals surface area contributed by atoms with E-state index in [-0.39, 0.29) is 29.2 Å². The lowest BCUT2D eigenvalue weighted by Gasteiger charge is -2.15. The molecule has 0 aliphatic heterocycles. The Morgan fingerprint density at radius 1 is 1.43 bits per heavy atom. The van der Waals surface area contributed by atoms with Gasteiger partial charge in [0.2, 0.25) is 0 Å². The highest BCUT2D eigenvalue weighted by Crippen LogP contribution is 2.20. The van der Waals surface area contributed by atoms with Crippen molar-refractivity contribution in [3.63, 3.8) is 0 Å². The van der Waals surface area contributed by atoms with Gasteiger partial charge in [0.25, 0.3) is 5.91 Å². The first kappa shape index (κ1) is 15.4. The van der Waals surface area contributed by atoms with Gasteiger partial charge in [0.05, 0.1) is 17.9 Å². The maximum Gasteiger partial charge on any atom is 0.272 e. The summed E-state index contributed by atoms with van der Waals surface area (Å²) in [4.78, 5) is 25.1. The minimum absolute atomic E-state index is 0.130. The molecule has 3 N–H and O–H groups in total. The number of hydrogen-bond acceptors (Lipinski definition) is 6. The average Bonchev–Trinajstić information content (AvgIpc) is 2.98. The van der Waals surface area contributed by atoms with Crippen LogP contribution in [-0.4, -0.2) is 20.9 Å². The summed E-state index contributed by atoms with van der Waals surface area (Å²) >= 11 is 1.52. The summed E-state index contributed by atoms with van der Waals surface area (Å²) in [6.07, 6.45) is 3.97. The highest BCUT2D eigenvalue weighted by atomic mass is 32.1. The standard InChI is InChI=1S/C14H19N5OS/c1-4-10(14-16-5-6-21-14)18-13(20)11-9(15)7-17-12(19-11)8(2)3/h5-8,10H,4,15H2,1-3H3,(H,18,20). The van der Waals surface area contributed by atoms with E-state index >= 15 is 0 Å². The molecule has 7 heteroatoms. The van der Waals surface area contributed by atoms with E-state index in [2.05, 4.69) is 20.3 Å². The maximum absolute atomic E-state index is 12.4. The molecule has 2 rings (SSSR count). The summed E-state index contributed by atoms with van der Waals surface area (Å²) in [5.74, 6) is 0.452. The van der Waals surface area contributed by atoms with Gasteiger partial charge in [0.1, 0.15) is 10.8 Å². The van der Waals surface area contributed by atoms with E-state index in [0.29, 0.717) is 5.82 Å². The van der Waals surface area contributed by atoms with Crippen LogP contribution in [0.5, 0.6) is 0 Å². The predicted molar refractivity (Wildman–Crippen MR) is 83.1 cm³/mol. The van der Waals surface area contributed by atoms with Gasteiger partial charge in [-0.2, -0.15) is 0 Å². The van der Waals surface area contributed by atoms with E-state index in [0.717, 1.165) is 11.4 Å². The normalized spacial score (nSPS) is 12.4.